The summed E-state index contributed by atoms with van der Waals surface area (Å²) in [6, 6.07) is 18.4. The van der Waals surface area contributed by atoms with Crippen LogP contribution < -0.4 is 10.1 Å². The molecule has 0 spiro atoms. The number of rotatable bonds is 7. The van der Waals surface area contributed by atoms with Crippen LogP contribution in [0.3, 0.4) is 0 Å². The molecule has 0 bridgehead atoms. The third kappa shape index (κ3) is 4.36. The van der Waals surface area contributed by atoms with Crippen molar-refractivity contribution in [1.82, 2.24) is 4.90 Å². The number of thioether (sulfide) groups is 1. The van der Waals surface area contributed by atoms with Crippen LogP contribution in [0, 0.1) is 0 Å². The van der Waals surface area contributed by atoms with Crippen molar-refractivity contribution >= 4 is 29.3 Å². The van der Waals surface area contributed by atoms with Gasteiger partial charge in [-0.1, -0.05) is 24.3 Å². The van der Waals surface area contributed by atoms with Crippen LogP contribution >= 0.6 is 11.8 Å². The molecule has 2 aromatic carbocycles. The largest absolute Gasteiger partial charge is 0.492 e. The fourth-order valence-electron chi connectivity index (χ4n) is 3.32. The molecule has 30 heavy (non-hydrogen) atoms. The average molecular weight is 423 g/mol. The first kappa shape index (κ1) is 20.1. The fourth-order valence-corrected chi connectivity index (χ4v) is 4.50. The topological polar surface area (TPSA) is 71.8 Å². The Morgan fingerprint density at radius 1 is 1.17 bits per heavy atom. The molecule has 0 radical (unpaired) electrons. The molecule has 3 aromatic rings. The van der Waals surface area contributed by atoms with Crippen LogP contribution in [0.2, 0.25) is 0 Å². The number of nitrogens with one attached hydrogen (secondary N) is 1. The highest BCUT2D eigenvalue weighted by Gasteiger charge is 2.33. The Bertz CT molecular complexity index is 1020. The molecule has 1 aliphatic rings. The number of benzene rings is 2. The molecule has 1 N–H and O–H groups in total. The van der Waals surface area contributed by atoms with Crippen LogP contribution in [0.1, 0.15) is 34.0 Å². The Labute approximate surface area is 179 Å². The van der Waals surface area contributed by atoms with E-state index in [1.807, 2.05) is 55.5 Å². The molecule has 6 nitrogen and oxygen atoms in total. The number of para-hydroxylation sites is 2. The van der Waals surface area contributed by atoms with Gasteiger partial charge in [-0.3, -0.25) is 9.59 Å². The minimum absolute atomic E-state index is 0.0794. The van der Waals surface area contributed by atoms with Gasteiger partial charge >= 0.3 is 0 Å². The summed E-state index contributed by atoms with van der Waals surface area (Å²) in [5.41, 5.74) is 2.15. The Morgan fingerprint density at radius 3 is 2.70 bits per heavy atom. The molecular formula is C23H22N2O4S. The summed E-state index contributed by atoms with van der Waals surface area (Å²) in [7, 11) is 0. The molecule has 2 amide bonds. The van der Waals surface area contributed by atoms with Gasteiger partial charge in [-0.15, -0.1) is 11.8 Å². The zero-order valence-corrected chi connectivity index (χ0v) is 17.4. The van der Waals surface area contributed by atoms with Gasteiger partial charge < -0.3 is 19.4 Å². The number of anilines is 1. The van der Waals surface area contributed by atoms with Crippen molar-refractivity contribution in [2.24, 2.45) is 0 Å². The van der Waals surface area contributed by atoms with Crippen LogP contribution in [-0.4, -0.2) is 29.1 Å². The van der Waals surface area contributed by atoms with E-state index in [4.69, 9.17) is 9.15 Å². The number of nitrogens with zero attached hydrogens (tertiary/aromatic N) is 1. The van der Waals surface area contributed by atoms with E-state index in [0.717, 1.165) is 11.3 Å². The number of carbonyl (C=O) groups is 2. The summed E-state index contributed by atoms with van der Waals surface area (Å²) < 4.78 is 11.0. The molecule has 0 aliphatic carbocycles. The van der Waals surface area contributed by atoms with E-state index in [9.17, 15) is 9.59 Å². The summed E-state index contributed by atoms with van der Waals surface area (Å²) in [6.07, 6.45) is 1.61. The highest BCUT2D eigenvalue weighted by atomic mass is 32.2. The van der Waals surface area contributed by atoms with Crippen LogP contribution in [0.25, 0.3) is 0 Å². The van der Waals surface area contributed by atoms with Crippen LogP contribution in [-0.2, 0) is 11.3 Å². The molecular weight excluding hydrogens is 400 g/mol. The van der Waals surface area contributed by atoms with Crippen molar-refractivity contribution in [3.05, 3.63) is 83.8 Å². The third-order valence-electron chi connectivity index (χ3n) is 4.77. The van der Waals surface area contributed by atoms with Gasteiger partial charge in [-0.05, 0) is 48.9 Å². The number of furan rings is 1. The minimum atomic E-state index is -0.212. The number of hydrogen-bond acceptors (Lipinski definition) is 5. The second-order valence-corrected chi connectivity index (χ2v) is 7.84. The standard InChI is InChI=1S/C23H22N2O4S/c1-2-28-20-8-4-3-7-19(20)24-22(27)16-9-11-17(12-10-16)23-25(21(26)15-30-23)14-18-6-5-13-29-18/h3-13,23H,2,14-15H2,1H3,(H,24,27)/t23-/m0/s1. The lowest BCUT2D eigenvalue weighted by Gasteiger charge is -2.23. The van der Waals surface area contributed by atoms with Gasteiger partial charge in [0, 0.05) is 5.56 Å². The number of ether oxygens (including phenoxy) is 1. The summed E-state index contributed by atoms with van der Waals surface area (Å²) in [5, 5.41) is 2.80. The first-order chi connectivity index (χ1) is 14.7. The van der Waals surface area contributed by atoms with Gasteiger partial charge in [-0.25, -0.2) is 0 Å². The average Bonchev–Trinajstić information content (AvgIpc) is 3.40. The summed E-state index contributed by atoms with van der Waals surface area (Å²) in [6.45, 7) is 2.85. The van der Waals surface area contributed by atoms with Gasteiger partial charge in [0.15, 0.2) is 0 Å². The molecule has 1 atom stereocenters. The predicted octanol–water partition coefficient (Wildman–Crippen LogP) is 4.70. The van der Waals surface area contributed by atoms with Gasteiger partial charge in [0.1, 0.15) is 16.9 Å². The SMILES string of the molecule is CCOc1ccccc1NC(=O)c1ccc([C@@H]2SCC(=O)N2Cc2ccco2)cc1. The van der Waals surface area contributed by atoms with Crippen LogP contribution in [0.5, 0.6) is 5.75 Å². The third-order valence-corrected chi connectivity index (χ3v) is 6.02. The minimum Gasteiger partial charge on any atom is -0.492 e. The normalized spacial score (nSPS) is 16.0. The van der Waals surface area contributed by atoms with E-state index >= 15 is 0 Å². The zero-order valence-electron chi connectivity index (χ0n) is 16.5. The highest BCUT2D eigenvalue weighted by Crippen LogP contribution is 2.39. The first-order valence-electron chi connectivity index (χ1n) is 9.72. The van der Waals surface area contributed by atoms with Crippen molar-refractivity contribution in [2.45, 2.75) is 18.8 Å². The lowest BCUT2D eigenvalue weighted by atomic mass is 10.1. The van der Waals surface area contributed by atoms with Gasteiger partial charge in [0.05, 0.1) is 30.9 Å². The van der Waals surface area contributed by atoms with Crippen molar-refractivity contribution in [3.8, 4) is 5.75 Å². The maximum absolute atomic E-state index is 12.7. The molecule has 1 fully saturated rings. The second kappa shape index (κ2) is 9.09. The monoisotopic (exact) mass is 422 g/mol. The molecule has 154 valence electrons. The quantitative estimate of drug-likeness (QED) is 0.597. The number of amides is 2. The van der Waals surface area contributed by atoms with Crippen molar-refractivity contribution in [3.63, 3.8) is 0 Å². The smallest absolute Gasteiger partial charge is 0.255 e. The first-order valence-corrected chi connectivity index (χ1v) is 10.8. The van der Waals surface area contributed by atoms with E-state index in [0.29, 0.717) is 35.9 Å². The van der Waals surface area contributed by atoms with Gasteiger partial charge in [-0.2, -0.15) is 0 Å². The second-order valence-electron chi connectivity index (χ2n) is 6.77. The van der Waals surface area contributed by atoms with E-state index in [1.165, 1.54) is 0 Å². The molecule has 2 heterocycles. The van der Waals surface area contributed by atoms with Crippen LogP contribution in [0.4, 0.5) is 5.69 Å². The summed E-state index contributed by atoms with van der Waals surface area (Å²) in [4.78, 5) is 26.8. The predicted molar refractivity (Wildman–Crippen MR) is 116 cm³/mol. The summed E-state index contributed by atoms with van der Waals surface area (Å²) in [5.74, 6) is 1.69. The van der Waals surface area contributed by atoms with Crippen molar-refractivity contribution in [1.29, 1.82) is 0 Å². The van der Waals surface area contributed by atoms with E-state index in [1.54, 1.807) is 35.1 Å². The molecule has 0 saturated carbocycles. The molecule has 7 heteroatoms. The maximum Gasteiger partial charge on any atom is 0.255 e. The molecule has 4 rings (SSSR count). The van der Waals surface area contributed by atoms with Crippen molar-refractivity contribution in [2.75, 3.05) is 17.7 Å². The summed E-state index contributed by atoms with van der Waals surface area (Å²) >= 11 is 1.58. The van der Waals surface area contributed by atoms with Gasteiger partial charge in [0.25, 0.3) is 5.91 Å². The maximum atomic E-state index is 12.7. The number of hydrogen-bond donors (Lipinski definition) is 1. The Balaban J connectivity index is 1.47. The van der Waals surface area contributed by atoms with Crippen LogP contribution in [0.15, 0.2) is 71.3 Å². The zero-order chi connectivity index (χ0) is 20.9. The van der Waals surface area contributed by atoms with Gasteiger partial charge in [0.2, 0.25) is 5.91 Å². The molecule has 0 unspecified atom stereocenters. The van der Waals surface area contributed by atoms with Crippen molar-refractivity contribution < 1.29 is 18.7 Å². The Hall–Kier alpha value is -3.19. The Morgan fingerprint density at radius 2 is 1.97 bits per heavy atom. The Kier molecular flexibility index (Phi) is 6.09. The lowest BCUT2D eigenvalue weighted by Crippen LogP contribution is -2.27. The van der Waals surface area contributed by atoms with E-state index in [-0.39, 0.29) is 17.2 Å². The molecule has 1 aliphatic heterocycles. The molecule has 1 aromatic heterocycles. The highest BCUT2D eigenvalue weighted by molar-refractivity contribution is 8.00. The lowest BCUT2D eigenvalue weighted by molar-refractivity contribution is -0.128. The number of carbonyl (C=O) groups excluding carboxylic acids is 2. The molecule has 1 saturated heterocycles. The van der Waals surface area contributed by atoms with E-state index in [2.05, 4.69) is 5.32 Å². The fraction of sp³-hybridized carbons (Fsp3) is 0.217. The van der Waals surface area contributed by atoms with E-state index < -0.39 is 0 Å².